The number of fused-ring (bicyclic) bond motifs is 1. The summed E-state index contributed by atoms with van der Waals surface area (Å²) in [7, 11) is 0. The van der Waals surface area contributed by atoms with Crippen molar-refractivity contribution in [3.63, 3.8) is 0 Å². The van der Waals surface area contributed by atoms with Gasteiger partial charge in [-0.05, 0) is 38.3 Å². The van der Waals surface area contributed by atoms with Gasteiger partial charge in [0.05, 0.1) is 12.2 Å². The smallest absolute Gasteiger partial charge is 0.317 e. The number of rotatable bonds is 3. The summed E-state index contributed by atoms with van der Waals surface area (Å²) in [6, 6.07) is 8.76. The van der Waals surface area contributed by atoms with Crippen LogP contribution < -0.4 is 5.32 Å². The molecule has 2 heterocycles. The van der Waals surface area contributed by atoms with Gasteiger partial charge < -0.3 is 15.0 Å². The summed E-state index contributed by atoms with van der Waals surface area (Å²) in [6.45, 7) is 10.4. The number of morpholine rings is 1. The highest BCUT2D eigenvalue weighted by Crippen LogP contribution is 2.18. The van der Waals surface area contributed by atoms with Gasteiger partial charge in [-0.15, -0.1) is 0 Å². The van der Waals surface area contributed by atoms with Gasteiger partial charge in [0.15, 0.2) is 0 Å². The third-order valence-corrected chi connectivity index (χ3v) is 5.04. The zero-order valence-electron chi connectivity index (χ0n) is 15.0. The van der Waals surface area contributed by atoms with Crippen LogP contribution in [-0.4, -0.2) is 60.3 Å². The minimum atomic E-state index is 0.0470. The standard InChI is InChI=1S/C19H29N3O2/c1-14(22-11-15(2)24-16(3)12-22)10-20-19(23)21-9-8-17-6-4-5-7-18(17)13-21/h4-7,14-16H,8-13H2,1-3H3,(H,20,23)/t14-,15-,16-/m1/s1. The maximum atomic E-state index is 12.5. The summed E-state index contributed by atoms with van der Waals surface area (Å²) >= 11 is 0. The van der Waals surface area contributed by atoms with Crippen molar-refractivity contribution in [3.05, 3.63) is 35.4 Å². The Hall–Kier alpha value is -1.59. The van der Waals surface area contributed by atoms with Crippen molar-refractivity contribution in [3.8, 4) is 0 Å². The van der Waals surface area contributed by atoms with E-state index >= 15 is 0 Å². The SMILES string of the molecule is C[C@@H]1CN([C@H](C)CNC(=O)N2CCc3ccccc3C2)C[C@@H](C)O1. The van der Waals surface area contributed by atoms with Crippen molar-refractivity contribution < 1.29 is 9.53 Å². The zero-order chi connectivity index (χ0) is 17.1. The lowest BCUT2D eigenvalue weighted by Crippen LogP contribution is -2.53. The molecule has 2 aliphatic rings. The molecule has 0 aromatic heterocycles. The van der Waals surface area contributed by atoms with Crippen molar-refractivity contribution in [2.45, 2.75) is 52.0 Å². The molecule has 2 aliphatic heterocycles. The molecular formula is C19H29N3O2. The Kier molecular flexibility index (Phi) is 5.41. The average Bonchev–Trinajstić information content (AvgIpc) is 2.58. The molecule has 1 aromatic rings. The van der Waals surface area contributed by atoms with Crippen LogP contribution in [0.25, 0.3) is 0 Å². The monoisotopic (exact) mass is 331 g/mol. The Balaban J connectivity index is 1.49. The quantitative estimate of drug-likeness (QED) is 0.924. The summed E-state index contributed by atoms with van der Waals surface area (Å²) in [5.41, 5.74) is 2.63. The third-order valence-electron chi connectivity index (χ3n) is 5.04. The highest BCUT2D eigenvalue weighted by atomic mass is 16.5. The van der Waals surface area contributed by atoms with Gasteiger partial charge in [0.2, 0.25) is 0 Å². The van der Waals surface area contributed by atoms with E-state index in [1.54, 1.807) is 0 Å². The topological polar surface area (TPSA) is 44.8 Å². The lowest BCUT2D eigenvalue weighted by atomic mass is 10.0. The van der Waals surface area contributed by atoms with E-state index in [2.05, 4.69) is 49.2 Å². The van der Waals surface area contributed by atoms with Crippen LogP contribution >= 0.6 is 0 Å². The fourth-order valence-corrected chi connectivity index (χ4v) is 3.72. The molecule has 3 rings (SSSR count). The highest BCUT2D eigenvalue weighted by Gasteiger charge is 2.26. The van der Waals surface area contributed by atoms with Crippen LogP contribution in [0.1, 0.15) is 31.9 Å². The largest absolute Gasteiger partial charge is 0.373 e. The number of hydrogen-bond acceptors (Lipinski definition) is 3. The van der Waals surface area contributed by atoms with Crippen molar-refractivity contribution in [1.82, 2.24) is 15.1 Å². The van der Waals surface area contributed by atoms with E-state index in [0.29, 0.717) is 19.1 Å². The lowest BCUT2D eigenvalue weighted by molar-refractivity contribution is -0.0778. The van der Waals surface area contributed by atoms with Gasteiger partial charge in [-0.1, -0.05) is 24.3 Å². The molecule has 132 valence electrons. The minimum absolute atomic E-state index is 0.0470. The number of amides is 2. The predicted molar refractivity (Wildman–Crippen MR) is 95.0 cm³/mol. The average molecular weight is 331 g/mol. The fourth-order valence-electron chi connectivity index (χ4n) is 3.72. The van der Waals surface area contributed by atoms with Crippen molar-refractivity contribution in [1.29, 1.82) is 0 Å². The number of ether oxygens (including phenoxy) is 1. The normalized spacial score (nSPS) is 25.9. The molecule has 24 heavy (non-hydrogen) atoms. The van der Waals surface area contributed by atoms with Crippen LogP contribution in [0.4, 0.5) is 4.79 Å². The summed E-state index contributed by atoms with van der Waals surface area (Å²) in [5, 5.41) is 3.11. The second kappa shape index (κ2) is 7.53. The molecule has 0 bridgehead atoms. The first-order chi connectivity index (χ1) is 11.5. The molecule has 0 radical (unpaired) electrons. The van der Waals surface area contributed by atoms with E-state index < -0.39 is 0 Å². The van der Waals surface area contributed by atoms with Gasteiger partial charge in [0, 0.05) is 38.8 Å². The van der Waals surface area contributed by atoms with E-state index in [1.165, 1.54) is 11.1 Å². The maximum Gasteiger partial charge on any atom is 0.317 e. The summed E-state index contributed by atoms with van der Waals surface area (Å²) in [4.78, 5) is 16.8. The van der Waals surface area contributed by atoms with Crippen molar-refractivity contribution in [2.75, 3.05) is 26.2 Å². The molecule has 0 spiro atoms. The second-order valence-electron chi connectivity index (χ2n) is 7.19. The van der Waals surface area contributed by atoms with E-state index in [0.717, 1.165) is 26.1 Å². The number of benzene rings is 1. The van der Waals surface area contributed by atoms with E-state index in [1.807, 2.05) is 11.0 Å². The Morgan fingerprint density at radius 2 is 1.92 bits per heavy atom. The van der Waals surface area contributed by atoms with Crippen LogP contribution in [0.2, 0.25) is 0 Å². The Bertz CT molecular complexity index is 567. The van der Waals surface area contributed by atoms with Crippen LogP contribution in [0.3, 0.4) is 0 Å². The Morgan fingerprint density at radius 1 is 1.25 bits per heavy atom. The van der Waals surface area contributed by atoms with Gasteiger partial charge in [0.25, 0.3) is 0 Å². The molecule has 1 saturated heterocycles. The van der Waals surface area contributed by atoms with Crippen molar-refractivity contribution in [2.24, 2.45) is 0 Å². The number of carbonyl (C=O) groups is 1. The van der Waals surface area contributed by atoms with Gasteiger partial charge in [-0.2, -0.15) is 0 Å². The van der Waals surface area contributed by atoms with Gasteiger partial charge in [0.1, 0.15) is 0 Å². The molecule has 0 unspecified atom stereocenters. The summed E-state index contributed by atoms with van der Waals surface area (Å²) in [5.74, 6) is 0. The summed E-state index contributed by atoms with van der Waals surface area (Å²) in [6.07, 6.45) is 1.45. The van der Waals surface area contributed by atoms with Crippen LogP contribution in [0, 0.1) is 0 Å². The van der Waals surface area contributed by atoms with Crippen molar-refractivity contribution >= 4 is 6.03 Å². The zero-order valence-corrected chi connectivity index (χ0v) is 15.0. The molecule has 1 N–H and O–H groups in total. The van der Waals surface area contributed by atoms with Gasteiger partial charge >= 0.3 is 6.03 Å². The van der Waals surface area contributed by atoms with Crippen LogP contribution in [-0.2, 0) is 17.7 Å². The van der Waals surface area contributed by atoms with Gasteiger partial charge in [-0.3, -0.25) is 4.90 Å². The first kappa shape index (κ1) is 17.2. The van der Waals surface area contributed by atoms with Crippen LogP contribution in [0.5, 0.6) is 0 Å². The minimum Gasteiger partial charge on any atom is -0.373 e. The second-order valence-corrected chi connectivity index (χ2v) is 7.19. The first-order valence-corrected chi connectivity index (χ1v) is 9.02. The number of hydrogen-bond donors (Lipinski definition) is 1. The molecule has 2 amide bonds. The molecule has 3 atom stereocenters. The molecule has 0 aliphatic carbocycles. The lowest BCUT2D eigenvalue weighted by Gasteiger charge is -2.39. The van der Waals surface area contributed by atoms with E-state index in [-0.39, 0.29) is 18.2 Å². The summed E-state index contributed by atoms with van der Waals surface area (Å²) < 4.78 is 5.78. The molecule has 1 fully saturated rings. The predicted octanol–water partition coefficient (Wildman–Crippen LogP) is 2.25. The molecule has 0 saturated carbocycles. The van der Waals surface area contributed by atoms with Crippen LogP contribution in [0.15, 0.2) is 24.3 Å². The molecule has 1 aromatic carbocycles. The number of urea groups is 1. The highest BCUT2D eigenvalue weighted by molar-refractivity contribution is 5.74. The molecular weight excluding hydrogens is 302 g/mol. The van der Waals surface area contributed by atoms with E-state index in [4.69, 9.17) is 4.74 Å². The third kappa shape index (κ3) is 4.08. The first-order valence-electron chi connectivity index (χ1n) is 9.02. The Morgan fingerprint density at radius 3 is 2.62 bits per heavy atom. The fraction of sp³-hybridized carbons (Fsp3) is 0.632. The number of nitrogens with one attached hydrogen (secondary N) is 1. The Labute approximate surface area is 145 Å². The molecule has 5 nitrogen and oxygen atoms in total. The molecule has 5 heteroatoms. The van der Waals surface area contributed by atoms with E-state index in [9.17, 15) is 4.79 Å². The number of nitrogens with zero attached hydrogens (tertiary/aromatic N) is 2. The van der Waals surface area contributed by atoms with Gasteiger partial charge in [-0.25, -0.2) is 4.79 Å². The maximum absolute atomic E-state index is 12.5. The number of carbonyl (C=O) groups excluding carboxylic acids is 1.